The third-order valence-electron chi connectivity index (χ3n) is 23.4. The number of likely N-dealkylation sites (N-methyl/N-ethyl adjacent to an activating group) is 1. The fourth-order valence-electron chi connectivity index (χ4n) is 17.5. The van der Waals surface area contributed by atoms with E-state index in [4.69, 9.17) is 41.0 Å². The van der Waals surface area contributed by atoms with E-state index in [0.29, 0.717) is 42.7 Å². The third-order valence-corrected chi connectivity index (χ3v) is 23.7. The Hall–Kier alpha value is -9.29. The molecule has 15 rings (SSSR count). The highest BCUT2D eigenvalue weighted by atomic mass is 35.5. The number of ether oxygens (including phenoxy) is 5. The third kappa shape index (κ3) is 19.4. The average molecular weight is 1630 g/mol. The zero-order valence-corrected chi connectivity index (χ0v) is 66.5. The number of carbonyl (C=O) groups is 8. The van der Waals surface area contributed by atoms with Gasteiger partial charge in [-0.1, -0.05) is 69.8 Å². The van der Waals surface area contributed by atoms with Gasteiger partial charge in [-0.2, -0.15) is 0 Å². The zero-order valence-electron chi connectivity index (χ0n) is 65.8. The number of aromatic hydroxyl groups is 2. The van der Waals surface area contributed by atoms with Crippen LogP contribution in [0.25, 0.3) is 11.1 Å². The van der Waals surface area contributed by atoms with Gasteiger partial charge in [0, 0.05) is 36.9 Å². The van der Waals surface area contributed by atoms with Crippen LogP contribution in [0.1, 0.15) is 173 Å². The first-order chi connectivity index (χ1) is 55.5. The first-order valence-corrected chi connectivity index (χ1v) is 40.4. The topological polar surface area (TPSA) is 491 Å². The summed E-state index contributed by atoms with van der Waals surface area (Å²) in [6.07, 6.45) is -4.64. The maximum Gasteiger partial charge on any atom is 0.248 e. The van der Waals surface area contributed by atoms with Crippen molar-refractivity contribution < 1.29 is 103 Å². The maximum atomic E-state index is 16.4. The van der Waals surface area contributed by atoms with E-state index in [9.17, 15) is 50.4 Å². The molecule has 6 heterocycles. The van der Waals surface area contributed by atoms with Gasteiger partial charge in [0.2, 0.25) is 59.3 Å². The largest absolute Gasteiger partial charge is 0.508 e. The molecule has 15 bridgehead atoms. The first kappa shape index (κ1) is 86.1. The smallest absolute Gasteiger partial charge is 0.248 e. The number of aryl methyl sites for hydroxylation is 1. The number of hydrogen-bond donors (Lipinski definition) is 19. The van der Waals surface area contributed by atoms with Gasteiger partial charge in [-0.25, -0.2) is 0 Å². The minimum Gasteiger partial charge on any atom is -0.508 e. The summed E-state index contributed by atoms with van der Waals surface area (Å²) in [5.74, 6) is -10.5. The van der Waals surface area contributed by atoms with Crippen LogP contribution in [0.4, 0.5) is 0 Å². The Morgan fingerprint density at radius 3 is 1.96 bits per heavy atom. The minimum absolute atomic E-state index is 0.00472. The molecule has 0 radical (unpaired) electrons. The Morgan fingerprint density at radius 2 is 1.29 bits per heavy atom. The quantitative estimate of drug-likeness (QED) is 0.0351. The fraction of sp³-hybridized carbons (Fsp3) is 0.542. The minimum atomic E-state index is -2.24. The lowest BCUT2D eigenvalue weighted by atomic mass is 9.54. The number of amides is 8. The molecule has 20 N–H and O–H groups in total. The number of hydrogen-bond acceptors (Lipinski definition) is 24. The average Bonchev–Trinajstić information content (AvgIpc) is 0.753. The number of fused-ring (bicyclic) bond motifs is 15. The van der Waals surface area contributed by atoms with Crippen LogP contribution >= 0.6 is 11.6 Å². The number of benzene rings is 5. The molecular weight excluding hydrogens is 1520 g/mol. The summed E-state index contributed by atoms with van der Waals surface area (Å²) < 4.78 is 31.7. The number of rotatable bonds is 26. The molecule has 0 aromatic heterocycles. The van der Waals surface area contributed by atoms with E-state index in [1.54, 1.807) is 6.92 Å². The number of unbranched alkanes of at least 4 members (excludes halogenated alkanes) is 4. The van der Waals surface area contributed by atoms with Crippen molar-refractivity contribution in [3.05, 3.63) is 122 Å². The molecule has 5 fully saturated rings. The van der Waals surface area contributed by atoms with E-state index in [2.05, 4.69) is 60.1 Å². The van der Waals surface area contributed by atoms with Gasteiger partial charge in [0.15, 0.2) is 11.5 Å². The molecule has 4 saturated carbocycles. The molecule has 5 aromatic carbocycles. The second-order valence-electron chi connectivity index (χ2n) is 32.1. The SMILES string of the molecule is CCNCCCCCCCOCCNCc1c(O)cc2c(c1C)-c1cc(ccc1O)[C@H]1NC(=O)[C@@H]3NC(=O)[C@H](CC(N)=O)NC(=O)[C@H](NC(=O)[C@@H](CC(C)C)NC)[C@H](O)c4ccc(c(C)c4)Oc4cc3cc(c4O[C@@H]3O[C@H](CO)[C@@H](O)[C@H](O)[C@H]3O)Oc3ccc(cc3Cl)[C@@H](O)[C@H](NC1=O)C(=O)N[C@@H]2C(=O)NC1C2CC3CC(C2)CC1C3. The van der Waals surface area contributed by atoms with Crippen LogP contribution in [-0.4, -0.2) is 196 Å². The van der Waals surface area contributed by atoms with Crippen LogP contribution in [0.15, 0.2) is 72.8 Å². The standard InChI is InChI=1S/C83H108ClN11O21/c1-7-87-19-11-9-8-10-12-21-112-22-20-88-36-51-40(5)63-49-30-43(13-16-55(49)97)65-78(107)95-69(82(111)93-67(50(63)34-56(51)98)80(109)90-64-46-26-41-25-42(28-46)29-47(64)27-41)71(101)45-15-18-58(52(84)31-45)114-60-33-48-32-59(75(60)116-83-74(104)73(103)72(102)61(37-96)115-83)113-57-17-14-44(24-39(57)4)70(100)68(94-76(105)53(86-6)23-38(2)3)81(110)89-54(35-62(85)99)77(106)91-66(48)79(108)92-65/h13-18,24,30-34,38,41-42,46-47,53-54,61,64-74,83,86-88,96-98,100-104H,7-12,19-23,25-29,35-37H2,1-6H3,(H2,85,99)(H,89,110)(H,90,109)(H,91,106)(H,92,108)(H,93,111)(H,94,105)(H,95,107)/t41?,42?,46?,47?,53-,54+,61-,64?,65-,66-,67+,68-,69+,70-,71-,72-,73+,74-,83+/m1/s1. The van der Waals surface area contributed by atoms with Crippen molar-refractivity contribution >= 4 is 58.9 Å². The molecule has 33 heteroatoms. The number of nitrogens with two attached hydrogens (primary N) is 1. The van der Waals surface area contributed by atoms with Gasteiger partial charge in [0.05, 0.1) is 30.7 Å². The van der Waals surface area contributed by atoms with Gasteiger partial charge in [-0.15, -0.1) is 0 Å². The number of aliphatic hydroxyl groups excluding tert-OH is 6. The zero-order chi connectivity index (χ0) is 83.1. The number of aliphatic hydroxyl groups is 6. The van der Waals surface area contributed by atoms with Crippen molar-refractivity contribution in [2.75, 3.05) is 46.5 Å². The van der Waals surface area contributed by atoms with Gasteiger partial charge in [-0.05, 0) is 214 Å². The Balaban J connectivity index is 1.02. The normalized spacial score (nSPS) is 27.9. The van der Waals surface area contributed by atoms with Crippen LogP contribution in [0.2, 0.25) is 5.02 Å². The van der Waals surface area contributed by atoms with E-state index in [1.165, 1.54) is 74.6 Å². The predicted octanol–water partition coefficient (Wildman–Crippen LogP) is 3.65. The number of phenolic OH excluding ortho intramolecular Hbond substituents is 2. The fourth-order valence-corrected chi connectivity index (χ4v) is 17.7. The van der Waals surface area contributed by atoms with Crippen molar-refractivity contribution in [3.63, 3.8) is 0 Å². The van der Waals surface area contributed by atoms with E-state index < -0.39 is 168 Å². The summed E-state index contributed by atoms with van der Waals surface area (Å²) >= 11 is 7.21. The van der Waals surface area contributed by atoms with Crippen LogP contribution in [-0.2, 0) is 54.4 Å². The maximum absolute atomic E-state index is 16.4. The first-order valence-electron chi connectivity index (χ1n) is 40.1. The van der Waals surface area contributed by atoms with Gasteiger partial charge in [0.25, 0.3) is 0 Å². The number of carbonyl (C=O) groups excluding carboxylic acids is 8. The Labute approximate surface area is 676 Å². The lowest BCUT2D eigenvalue weighted by Gasteiger charge is -2.54. The highest BCUT2D eigenvalue weighted by Crippen LogP contribution is 2.55. The Bertz CT molecular complexity index is 4430. The molecule has 116 heavy (non-hydrogen) atoms. The van der Waals surface area contributed by atoms with Crippen LogP contribution in [0.3, 0.4) is 0 Å². The molecule has 5 aromatic rings. The molecule has 8 amide bonds. The highest BCUT2D eigenvalue weighted by Gasteiger charge is 2.51. The van der Waals surface area contributed by atoms with Crippen LogP contribution in [0, 0.1) is 43.4 Å². The van der Waals surface area contributed by atoms with Gasteiger partial charge in [0.1, 0.15) is 95.9 Å². The Kier molecular flexibility index (Phi) is 28.2. The van der Waals surface area contributed by atoms with E-state index >= 15 is 28.8 Å². The second-order valence-corrected chi connectivity index (χ2v) is 32.5. The van der Waals surface area contributed by atoms with Gasteiger partial charge >= 0.3 is 0 Å². The van der Waals surface area contributed by atoms with Crippen molar-refractivity contribution in [1.82, 2.24) is 53.2 Å². The van der Waals surface area contributed by atoms with Crippen molar-refractivity contribution in [2.45, 2.75) is 209 Å². The van der Waals surface area contributed by atoms with Crippen LogP contribution in [0.5, 0.6) is 40.2 Å². The molecule has 14 atom stereocenters. The highest BCUT2D eigenvalue weighted by molar-refractivity contribution is 6.32. The molecule has 6 aliphatic heterocycles. The lowest BCUT2D eigenvalue weighted by Crippen LogP contribution is -2.60. The van der Waals surface area contributed by atoms with Gasteiger partial charge in [-0.3, -0.25) is 38.4 Å². The molecule has 1 saturated heterocycles. The molecule has 0 unspecified atom stereocenters. The number of primary amides is 1. The molecule has 32 nitrogen and oxygen atoms in total. The van der Waals surface area contributed by atoms with Crippen molar-refractivity contribution in [3.8, 4) is 51.4 Å². The summed E-state index contributed by atoms with van der Waals surface area (Å²) in [5.41, 5.74) is 5.99. The van der Waals surface area contributed by atoms with Crippen molar-refractivity contribution in [2.24, 2.45) is 35.3 Å². The van der Waals surface area contributed by atoms with Crippen molar-refractivity contribution in [1.29, 1.82) is 0 Å². The van der Waals surface area contributed by atoms with E-state index in [0.717, 1.165) is 89.4 Å². The van der Waals surface area contributed by atoms with E-state index in [1.807, 2.05) is 13.8 Å². The summed E-state index contributed by atoms with van der Waals surface area (Å²) in [6.45, 7) is 11.1. The van der Waals surface area contributed by atoms with E-state index in [-0.39, 0.29) is 104 Å². The second kappa shape index (κ2) is 38.0. The molecule has 4 aliphatic carbocycles. The number of halogens is 1. The molecular formula is C83H108ClN11O21. The lowest BCUT2D eigenvalue weighted by molar-refractivity contribution is -0.277. The summed E-state index contributed by atoms with van der Waals surface area (Å²) in [5, 5.41) is 123. The molecule has 10 aliphatic rings. The Morgan fingerprint density at radius 1 is 0.647 bits per heavy atom. The van der Waals surface area contributed by atoms with Crippen LogP contribution < -0.4 is 73.1 Å². The molecule has 628 valence electrons. The molecule has 0 spiro atoms. The van der Waals surface area contributed by atoms with Gasteiger partial charge < -0.3 is 123 Å². The number of phenols is 2. The summed E-state index contributed by atoms with van der Waals surface area (Å²) in [4.78, 5) is 122. The number of nitrogens with one attached hydrogen (secondary N) is 10. The summed E-state index contributed by atoms with van der Waals surface area (Å²) in [6, 6.07) is 1.75. The summed E-state index contributed by atoms with van der Waals surface area (Å²) in [7, 11) is 1.52. The predicted molar refractivity (Wildman–Crippen MR) is 421 cm³/mol. The monoisotopic (exact) mass is 1630 g/mol.